The Morgan fingerprint density at radius 2 is 2.04 bits per heavy atom. The average molecular weight is 336 g/mol. The molecule has 0 fully saturated rings. The Morgan fingerprint density at radius 3 is 2.80 bits per heavy atom. The van der Waals surface area contributed by atoms with Crippen LogP contribution in [0, 0.1) is 6.92 Å². The van der Waals surface area contributed by atoms with Crippen LogP contribution in [0.1, 0.15) is 51.3 Å². The molecule has 0 aliphatic carbocycles. The summed E-state index contributed by atoms with van der Waals surface area (Å²) in [6, 6.07) is 4.20. The first-order valence-corrected chi connectivity index (χ1v) is 8.69. The number of pyridine rings is 1. The Labute approximate surface area is 148 Å². The maximum absolute atomic E-state index is 4.58. The minimum Gasteiger partial charge on any atom is -0.326 e. The van der Waals surface area contributed by atoms with Crippen molar-refractivity contribution in [2.24, 2.45) is 0 Å². The van der Waals surface area contributed by atoms with E-state index in [0.717, 1.165) is 41.3 Å². The summed E-state index contributed by atoms with van der Waals surface area (Å²) in [7, 11) is 0. The normalized spacial score (nSPS) is 11.7. The molecule has 0 atom stereocenters. The lowest BCUT2D eigenvalue weighted by molar-refractivity contribution is 0.600. The zero-order valence-corrected chi connectivity index (χ0v) is 15.2. The molecule has 0 saturated carbocycles. The molecule has 0 aliphatic heterocycles. The fourth-order valence-corrected chi connectivity index (χ4v) is 2.85. The van der Waals surface area contributed by atoms with Crippen molar-refractivity contribution < 1.29 is 0 Å². The number of rotatable bonds is 6. The molecule has 130 valence electrons. The summed E-state index contributed by atoms with van der Waals surface area (Å²) < 4.78 is 2.21. The van der Waals surface area contributed by atoms with Crippen molar-refractivity contribution >= 4 is 28.7 Å². The van der Waals surface area contributed by atoms with Gasteiger partial charge in [-0.25, -0.2) is 19.9 Å². The fourth-order valence-electron chi connectivity index (χ4n) is 2.85. The number of aromatic nitrogens is 5. The molecule has 0 saturated heterocycles. The summed E-state index contributed by atoms with van der Waals surface area (Å²) in [5, 5.41) is 3.27. The van der Waals surface area contributed by atoms with Gasteiger partial charge in [-0.2, -0.15) is 0 Å². The number of fused-ring (bicyclic) bond motifs is 1. The minimum atomic E-state index is 0.342. The lowest BCUT2D eigenvalue weighted by Crippen LogP contribution is -2.03. The van der Waals surface area contributed by atoms with Gasteiger partial charge in [0.1, 0.15) is 23.0 Å². The van der Waals surface area contributed by atoms with Gasteiger partial charge in [-0.1, -0.05) is 19.4 Å². The fraction of sp³-hybridized carbons (Fsp3) is 0.368. The maximum Gasteiger partial charge on any atom is 0.153 e. The van der Waals surface area contributed by atoms with Gasteiger partial charge in [-0.15, -0.1) is 0 Å². The highest BCUT2D eigenvalue weighted by Gasteiger charge is 2.11. The van der Waals surface area contributed by atoms with Crippen molar-refractivity contribution in [1.29, 1.82) is 0 Å². The lowest BCUT2D eigenvalue weighted by atomic mass is 10.3. The van der Waals surface area contributed by atoms with Gasteiger partial charge in [-0.05, 0) is 39.3 Å². The van der Waals surface area contributed by atoms with Crippen LogP contribution in [0.3, 0.4) is 0 Å². The summed E-state index contributed by atoms with van der Waals surface area (Å²) in [4.78, 5) is 17.8. The van der Waals surface area contributed by atoms with Crippen molar-refractivity contribution in [2.45, 2.75) is 46.6 Å². The maximum atomic E-state index is 4.58. The number of aryl methyl sites for hydroxylation is 1. The van der Waals surface area contributed by atoms with Crippen LogP contribution in [0.15, 0.2) is 30.6 Å². The Bertz CT molecular complexity index is 894. The Morgan fingerprint density at radius 1 is 1.20 bits per heavy atom. The number of anilines is 2. The van der Waals surface area contributed by atoms with Crippen LogP contribution in [-0.4, -0.2) is 24.5 Å². The molecular formula is C19H24N6. The van der Waals surface area contributed by atoms with E-state index in [0.29, 0.717) is 11.9 Å². The molecule has 0 amide bonds. The highest BCUT2D eigenvalue weighted by molar-refractivity contribution is 5.79. The van der Waals surface area contributed by atoms with Crippen LogP contribution in [0.4, 0.5) is 11.6 Å². The van der Waals surface area contributed by atoms with Crippen LogP contribution >= 0.6 is 0 Å². The second kappa shape index (κ2) is 7.42. The molecule has 0 unspecified atom stereocenters. The summed E-state index contributed by atoms with van der Waals surface area (Å²) in [5.74, 6) is 3.17. The molecule has 0 spiro atoms. The van der Waals surface area contributed by atoms with Gasteiger partial charge in [0.2, 0.25) is 0 Å². The average Bonchev–Trinajstić information content (AvgIpc) is 2.91. The Balaban J connectivity index is 1.88. The predicted molar refractivity (Wildman–Crippen MR) is 102 cm³/mol. The van der Waals surface area contributed by atoms with E-state index >= 15 is 0 Å². The molecule has 3 aromatic heterocycles. The molecule has 0 radical (unpaired) electrons. The van der Waals surface area contributed by atoms with Crippen LogP contribution in [-0.2, 0) is 0 Å². The molecular weight excluding hydrogens is 312 g/mol. The monoisotopic (exact) mass is 336 g/mol. The molecule has 0 aromatic carbocycles. The van der Waals surface area contributed by atoms with Gasteiger partial charge in [0, 0.05) is 18.3 Å². The number of nitrogens with zero attached hydrogens (tertiary/aromatic N) is 5. The molecule has 3 heterocycles. The second-order valence-corrected chi connectivity index (χ2v) is 6.30. The van der Waals surface area contributed by atoms with Crippen LogP contribution < -0.4 is 5.32 Å². The van der Waals surface area contributed by atoms with Gasteiger partial charge in [0.15, 0.2) is 5.82 Å². The zero-order chi connectivity index (χ0) is 17.8. The topological polar surface area (TPSA) is 68.5 Å². The van der Waals surface area contributed by atoms with E-state index in [1.54, 1.807) is 12.4 Å². The molecule has 6 nitrogen and oxygen atoms in total. The predicted octanol–water partition coefficient (Wildman–Crippen LogP) is 4.67. The number of hydrogen-bond acceptors (Lipinski definition) is 5. The SMILES string of the molecule is CCC/C=C/c1nccc(Nc2cc3c(cn2)nc(C)n3C(C)C)n1. The Kier molecular flexibility index (Phi) is 5.07. The Hall–Kier alpha value is -2.76. The van der Waals surface area contributed by atoms with Gasteiger partial charge in [0.25, 0.3) is 0 Å². The third-order valence-corrected chi connectivity index (χ3v) is 3.92. The zero-order valence-electron chi connectivity index (χ0n) is 15.2. The summed E-state index contributed by atoms with van der Waals surface area (Å²) in [6.07, 6.45) is 9.73. The standard InChI is InChI=1S/C19H24N6/c1-5-6-7-8-17-20-10-9-18(23-17)24-19-11-16-15(12-21-19)22-14(4)25(16)13(2)3/h7-13H,5-6H2,1-4H3,(H,20,21,23,24)/b8-7+. The van der Waals surface area contributed by atoms with E-state index in [4.69, 9.17) is 0 Å². The van der Waals surface area contributed by atoms with Gasteiger partial charge in [-0.3, -0.25) is 0 Å². The second-order valence-electron chi connectivity index (χ2n) is 6.30. The van der Waals surface area contributed by atoms with E-state index in [1.165, 1.54) is 0 Å². The largest absolute Gasteiger partial charge is 0.326 e. The number of nitrogens with one attached hydrogen (secondary N) is 1. The van der Waals surface area contributed by atoms with Crippen molar-refractivity contribution in [3.63, 3.8) is 0 Å². The molecule has 0 aliphatic rings. The molecule has 6 heteroatoms. The van der Waals surface area contributed by atoms with Gasteiger partial charge >= 0.3 is 0 Å². The molecule has 3 aromatic rings. The number of hydrogen-bond donors (Lipinski definition) is 1. The third kappa shape index (κ3) is 3.84. The van der Waals surface area contributed by atoms with Gasteiger partial charge in [0.05, 0.1) is 11.7 Å². The first kappa shape index (κ1) is 17.1. The molecule has 25 heavy (non-hydrogen) atoms. The van der Waals surface area contributed by atoms with E-state index in [2.05, 4.69) is 56.7 Å². The van der Waals surface area contributed by atoms with Crippen LogP contribution in [0.25, 0.3) is 17.1 Å². The summed E-state index contributed by atoms with van der Waals surface area (Å²) in [6.45, 7) is 8.48. The van der Waals surface area contributed by atoms with E-state index in [1.807, 2.05) is 25.1 Å². The highest BCUT2D eigenvalue weighted by Crippen LogP contribution is 2.23. The van der Waals surface area contributed by atoms with Gasteiger partial charge < -0.3 is 9.88 Å². The van der Waals surface area contributed by atoms with E-state index in [9.17, 15) is 0 Å². The summed E-state index contributed by atoms with van der Waals surface area (Å²) >= 11 is 0. The number of allylic oxidation sites excluding steroid dienone is 1. The first-order valence-electron chi connectivity index (χ1n) is 8.69. The minimum absolute atomic E-state index is 0.342. The number of imidazole rings is 1. The van der Waals surface area contributed by atoms with Crippen LogP contribution in [0.5, 0.6) is 0 Å². The van der Waals surface area contributed by atoms with Crippen molar-refractivity contribution in [3.05, 3.63) is 42.3 Å². The quantitative estimate of drug-likeness (QED) is 0.708. The lowest BCUT2D eigenvalue weighted by Gasteiger charge is -2.11. The third-order valence-electron chi connectivity index (χ3n) is 3.92. The summed E-state index contributed by atoms with van der Waals surface area (Å²) in [5.41, 5.74) is 1.98. The molecule has 1 N–H and O–H groups in total. The van der Waals surface area contributed by atoms with E-state index < -0.39 is 0 Å². The van der Waals surface area contributed by atoms with E-state index in [-0.39, 0.29) is 0 Å². The van der Waals surface area contributed by atoms with Crippen LogP contribution in [0.2, 0.25) is 0 Å². The first-order chi connectivity index (χ1) is 12.1. The number of unbranched alkanes of at least 4 members (excludes halogenated alkanes) is 1. The molecule has 3 rings (SSSR count). The smallest absolute Gasteiger partial charge is 0.153 e. The highest BCUT2D eigenvalue weighted by atomic mass is 15.1. The van der Waals surface area contributed by atoms with Crippen molar-refractivity contribution in [2.75, 3.05) is 5.32 Å². The van der Waals surface area contributed by atoms with Crippen molar-refractivity contribution in [3.8, 4) is 0 Å². The van der Waals surface area contributed by atoms with Crippen molar-refractivity contribution in [1.82, 2.24) is 24.5 Å². The molecule has 0 bridgehead atoms.